The highest BCUT2D eigenvalue weighted by atomic mass is 32.3. The zero-order valence-corrected chi connectivity index (χ0v) is 14.7. The molecule has 6 heteroatoms. The standard InChI is InChI=1S/C17H28O5S/c1-2-3-4-5-6-7-8-9-16-10-12-17(13-11-16)21-14-15-22-23(18,19)20/h10-13H,2-9,14-15H2,1H3,(H,18,19,20). The molecule has 0 saturated carbocycles. The zero-order chi connectivity index (χ0) is 17.0. The summed E-state index contributed by atoms with van der Waals surface area (Å²) in [6.45, 7) is 2.09. The minimum absolute atomic E-state index is 0.0664. The summed E-state index contributed by atoms with van der Waals surface area (Å²) in [6.07, 6.45) is 10.2. The molecule has 0 aromatic heterocycles. The van der Waals surface area contributed by atoms with Crippen LogP contribution in [0, 0.1) is 0 Å². The summed E-state index contributed by atoms with van der Waals surface area (Å²) in [5, 5.41) is 0. The molecule has 0 atom stereocenters. The zero-order valence-electron chi connectivity index (χ0n) is 13.9. The maximum absolute atomic E-state index is 10.4. The van der Waals surface area contributed by atoms with Gasteiger partial charge in [0.05, 0.1) is 0 Å². The van der Waals surface area contributed by atoms with Crippen LogP contribution in [0.25, 0.3) is 0 Å². The predicted octanol–water partition coefficient (Wildman–Crippen LogP) is 4.18. The lowest BCUT2D eigenvalue weighted by atomic mass is 10.0. The second-order valence-corrected chi connectivity index (χ2v) is 6.70. The number of benzene rings is 1. The van der Waals surface area contributed by atoms with Crippen LogP contribution in [0.1, 0.15) is 57.4 Å². The first-order valence-electron chi connectivity index (χ1n) is 8.35. The second-order valence-electron chi connectivity index (χ2n) is 5.61. The van der Waals surface area contributed by atoms with Gasteiger partial charge >= 0.3 is 10.4 Å². The van der Waals surface area contributed by atoms with E-state index < -0.39 is 10.4 Å². The van der Waals surface area contributed by atoms with Crippen LogP contribution in [0.2, 0.25) is 0 Å². The van der Waals surface area contributed by atoms with Gasteiger partial charge in [-0.3, -0.25) is 4.55 Å². The van der Waals surface area contributed by atoms with Gasteiger partial charge in [-0.25, -0.2) is 4.18 Å². The molecule has 0 unspecified atom stereocenters. The summed E-state index contributed by atoms with van der Waals surface area (Å²) >= 11 is 0. The van der Waals surface area contributed by atoms with E-state index in [-0.39, 0.29) is 13.2 Å². The second kappa shape index (κ2) is 11.4. The van der Waals surface area contributed by atoms with Crippen LogP contribution in [0.3, 0.4) is 0 Å². The van der Waals surface area contributed by atoms with Crippen molar-refractivity contribution in [1.29, 1.82) is 0 Å². The monoisotopic (exact) mass is 344 g/mol. The Morgan fingerprint density at radius 1 is 0.913 bits per heavy atom. The molecule has 23 heavy (non-hydrogen) atoms. The summed E-state index contributed by atoms with van der Waals surface area (Å²) in [4.78, 5) is 0. The lowest BCUT2D eigenvalue weighted by molar-refractivity contribution is 0.202. The largest absolute Gasteiger partial charge is 0.491 e. The lowest BCUT2D eigenvalue weighted by Crippen LogP contribution is -2.11. The molecule has 0 aliphatic carbocycles. The number of ether oxygens (including phenoxy) is 1. The molecule has 0 saturated heterocycles. The van der Waals surface area contributed by atoms with Gasteiger partial charge in [0.1, 0.15) is 19.0 Å². The van der Waals surface area contributed by atoms with E-state index >= 15 is 0 Å². The van der Waals surface area contributed by atoms with Gasteiger partial charge in [0.25, 0.3) is 0 Å². The molecule has 0 fully saturated rings. The highest BCUT2D eigenvalue weighted by molar-refractivity contribution is 7.80. The minimum atomic E-state index is -4.39. The number of hydrogen-bond donors (Lipinski definition) is 1. The first-order chi connectivity index (χ1) is 11.0. The van der Waals surface area contributed by atoms with Gasteiger partial charge in [-0.15, -0.1) is 0 Å². The van der Waals surface area contributed by atoms with Crippen molar-refractivity contribution in [3.8, 4) is 5.75 Å². The Bertz CT molecular complexity index is 510. The molecule has 1 rings (SSSR count). The van der Waals surface area contributed by atoms with Crippen molar-refractivity contribution in [2.45, 2.75) is 58.3 Å². The van der Waals surface area contributed by atoms with Crippen LogP contribution < -0.4 is 4.74 Å². The molecule has 0 aliphatic rings. The smallest absolute Gasteiger partial charge is 0.397 e. The Labute approximate surface area is 140 Å². The SMILES string of the molecule is CCCCCCCCCc1ccc(OCCOS(=O)(=O)O)cc1. The average Bonchev–Trinajstić information content (AvgIpc) is 2.51. The number of hydrogen-bond acceptors (Lipinski definition) is 4. The molecule has 5 nitrogen and oxygen atoms in total. The molecule has 0 spiro atoms. The molecule has 0 heterocycles. The highest BCUT2D eigenvalue weighted by Crippen LogP contribution is 2.15. The molecule has 1 aromatic carbocycles. The molecule has 0 radical (unpaired) electrons. The normalized spacial score (nSPS) is 11.6. The number of unbranched alkanes of at least 4 members (excludes halogenated alkanes) is 6. The fraction of sp³-hybridized carbons (Fsp3) is 0.647. The van der Waals surface area contributed by atoms with Crippen LogP contribution in [0.15, 0.2) is 24.3 Å². The molecule has 0 amide bonds. The quantitative estimate of drug-likeness (QED) is 0.429. The van der Waals surface area contributed by atoms with E-state index in [1.54, 1.807) is 0 Å². The Balaban J connectivity index is 2.13. The predicted molar refractivity (Wildman–Crippen MR) is 91.1 cm³/mol. The van der Waals surface area contributed by atoms with E-state index in [0.29, 0.717) is 5.75 Å². The molecule has 0 aliphatic heterocycles. The van der Waals surface area contributed by atoms with Gasteiger partial charge in [0.2, 0.25) is 0 Å². The van der Waals surface area contributed by atoms with E-state index in [4.69, 9.17) is 9.29 Å². The van der Waals surface area contributed by atoms with Gasteiger partial charge < -0.3 is 4.74 Å². The maximum Gasteiger partial charge on any atom is 0.397 e. The summed E-state index contributed by atoms with van der Waals surface area (Å²) < 4.78 is 38.7. The van der Waals surface area contributed by atoms with Gasteiger partial charge in [-0.1, -0.05) is 57.6 Å². The maximum atomic E-state index is 10.4. The lowest BCUT2D eigenvalue weighted by Gasteiger charge is -2.07. The van der Waals surface area contributed by atoms with Crippen molar-refractivity contribution in [3.05, 3.63) is 29.8 Å². The van der Waals surface area contributed by atoms with Crippen LogP contribution in [-0.2, 0) is 21.0 Å². The third kappa shape index (κ3) is 11.1. The first kappa shape index (κ1) is 19.9. The summed E-state index contributed by atoms with van der Waals surface area (Å²) in [5.74, 6) is 0.659. The Morgan fingerprint density at radius 3 is 2.13 bits per heavy atom. The molecule has 132 valence electrons. The van der Waals surface area contributed by atoms with E-state index in [1.165, 1.54) is 50.5 Å². The van der Waals surface area contributed by atoms with E-state index in [9.17, 15) is 8.42 Å². The topological polar surface area (TPSA) is 72.8 Å². The van der Waals surface area contributed by atoms with Crippen molar-refractivity contribution in [3.63, 3.8) is 0 Å². The number of rotatable bonds is 13. The average molecular weight is 344 g/mol. The van der Waals surface area contributed by atoms with Gasteiger partial charge in [-0.2, -0.15) is 8.42 Å². The van der Waals surface area contributed by atoms with E-state index in [0.717, 1.165) is 6.42 Å². The van der Waals surface area contributed by atoms with Gasteiger partial charge in [0.15, 0.2) is 0 Å². The van der Waals surface area contributed by atoms with Crippen molar-refractivity contribution < 1.29 is 21.9 Å². The Morgan fingerprint density at radius 2 is 1.52 bits per heavy atom. The van der Waals surface area contributed by atoms with Crippen molar-refractivity contribution in [2.75, 3.05) is 13.2 Å². The highest BCUT2D eigenvalue weighted by Gasteiger charge is 2.03. The summed E-state index contributed by atoms with van der Waals surface area (Å²) in [5.41, 5.74) is 1.28. The van der Waals surface area contributed by atoms with Crippen LogP contribution in [0.4, 0.5) is 0 Å². The molecular formula is C17H28O5S. The van der Waals surface area contributed by atoms with Crippen LogP contribution in [-0.4, -0.2) is 26.2 Å². The summed E-state index contributed by atoms with van der Waals surface area (Å²) in [6, 6.07) is 7.78. The fourth-order valence-corrected chi connectivity index (χ4v) is 2.62. The van der Waals surface area contributed by atoms with Crippen molar-refractivity contribution >= 4 is 10.4 Å². The van der Waals surface area contributed by atoms with E-state index in [2.05, 4.69) is 11.1 Å². The Hall–Kier alpha value is -1.11. The molecule has 1 N–H and O–H groups in total. The van der Waals surface area contributed by atoms with Crippen LogP contribution >= 0.6 is 0 Å². The number of aryl methyl sites for hydroxylation is 1. The third-order valence-electron chi connectivity index (χ3n) is 3.58. The van der Waals surface area contributed by atoms with Crippen LogP contribution in [0.5, 0.6) is 5.75 Å². The fourth-order valence-electron chi connectivity index (χ4n) is 2.34. The Kier molecular flexibility index (Phi) is 9.91. The first-order valence-corrected chi connectivity index (χ1v) is 9.71. The van der Waals surface area contributed by atoms with Gasteiger partial charge in [0, 0.05) is 0 Å². The summed E-state index contributed by atoms with van der Waals surface area (Å²) in [7, 11) is -4.39. The van der Waals surface area contributed by atoms with E-state index in [1.807, 2.05) is 24.3 Å². The third-order valence-corrected chi connectivity index (χ3v) is 4.04. The minimum Gasteiger partial charge on any atom is -0.491 e. The molecule has 1 aromatic rings. The van der Waals surface area contributed by atoms with Gasteiger partial charge in [-0.05, 0) is 30.5 Å². The molecule has 0 bridgehead atoms. The van der Waals surface area contributed by atoms with Crippen molar-refractivity contribution in [2.24, 2.45) is 0 Å². The van der Waals surface area contributed by atoms with Crippen molar-refractivity contribution in [1.82, 2.24) is 0 Å². The molecular weight excluding hydrogens is 316 g/mol.